The molecule has 0 bridgehead atoms. The predicted molar refractivity (Wildman–Crippen MR) is 110 cm³/mol. The number of aromatic nitrogens is 1. The highest BCUT2D eigenvalue weighted by Gasteiger charge is 2.21. The molecule has 1 aromatic carbocycles. The number of hydrogen-bond acceptors (Lipinski definition) is 4. The van der Waals surface area contributed by atoms with Gasteiger partial charge in [-0.1, -0.05) is 51.1 Å². The molecule has 0 aliphatic rings. The second kappa shape index (κ2) is 10.4. The summed E-state index contributed by atoms with van der Waals surface area (Å²) in [6.45, 7) is 6.63. The van der Waals surface area contributed by atoms with Crippen LogP contribution < -0.4 is 0 Å². The lowest BCUT2D eigenvalue weighted by Gasteiger charge is -2.23. The molecule has 1 atom stereocenters. The van der Waals surface area contributed by atoms with E-state index in [1.807, 2.05) is 30.3 Å². The fourth-order valence-corrected chi connectivity index (χ4v) is 2.79. The van der Waals surface area contributed by atoms with E-state index in [9.17, 15) is 9.59 Å². The molecular weight excluding hydrogens is 352 g/mol. The summed E-state index contributed by atoms with van der Waals surface area (Å²) in [5.41, 5.74) is 2.98. The van der Waals surface area contributed by atoms with E-state index in [1.54, 1.807) is 24.1 Å². The van der Waals surface area contributed by atoms with E-state index in [2.05, 4.69) is 31.0 Å². The smallest absolute Gasteiger partial charge is 0.310 e. The van der Waals surface area contributed by atoms with Gasteiger partial charge >= 0.3 is 5.97 Å². The predicted octanol–water partition coefficient (Wildman–Crippen LogP) is 4.06. The second-order valence-corrected chi connectivity index (χ2v) is 7.12. The quantitative estimate of drug-likeness (QED) is 0.512. The van der Waals surface area contributed by atoms with E-state index >= 15 is 0 Å². The minimum Gasteiger partial charge on any atom is -0.469 e. The average Bonchev–Trinajstić information content (AvgIpc) is 2.71. The summed E-state index contributed by atoms with van der Waals surface area (Å²) in [4.78, 5) is 30.5. The molecule has 0 N–H and O–H groups in total. The lowest BCUT2D eigenvalue weighted by Crippen LogP contribution is -2.36. The first-order valence-corrected chi connectivity index (χ1v) is 9.45. The Balaban J connectivity index is 2.13. The molecule has 0 radical (unpaired) electrons. The lowest BCUT2D eigenvalue weighted by molar-refractivity contribution is -0.146. The lowest BCUT2D eigenvalue weighted by atomic mass is 10.0. The van der Waals surface area contributed by atoms with Crippen LogP contribution in [-0.4, -0.2) is 35.4 Å². The standard InChI is InChI=1S/C23H28N2O3/c1-17(2)20-11-8-19(9-12-20)10-13-22(26)25(15-18(3)23(27)28-4)16-21-7-5-6-14-24-21/h5-14,17-18H,15-16H2,1-4H3/b13-10+. The number of pyridine rings is 1. The highest BCUT2D eigenvalue weighted by molar-refractivity contribution is 5.92. The molecule has 0 saturated carbocycles. The molecule has 1 unspecified atom stereocenters. The summed E-state index contributed by atoms with van der Waals surface area (Å²) in [6.07, 6.45) is 5.02. The van der Waals surface area contributed by atoms with Crippen LogP contribution in [0.5, 0.6) is 0 Å². The zero-order valence-corrected chi connectivity index (χ0v) is 17.0. The fourth-order valence-electron chi connectivity index (χ4n) is 2.79. The van der Waals surface area contributed by atoms with E-state index in [-0.39, 0.29) is 18.4 Å². The normalized spacial score (nSPS) is 12.2. The minimum absolute atomic E-state index is 0.172. The van der Waals surface area contributed by atoms with Gasteiger partial charge in [-0.15, -0.1) is 0 Å². The fraction of sp³-hybridized carbons (Fsp3) is 0.348. The number of benzene rings is 1. The molecule has 5 nitrogen and oxygen atoms in total. The highest BCUT2D eigenvalue weighted by Crippen LogP contribution is 2.16. The van der Waals surface area contributed by atoms with E-state index in [0.29, 0.717) is 12.5 Å². The number of esters is 1. The van der Waals surface area contributed by atoms with Crippen LogP contribution in [0.15, 0.2) is 54.7 Å². The first-order chi connectivity index (χ1) is 13.4. The molecule has 1 heterocycles. The Morgan fingerprint density at radius 1 is 1.11 bits per heavy atom. The van der Waals surface area contributed by atoms with Crippen molar-refractivity contribution in [2.45, 2.75) is 33.2 Å². The Morgan fingerprint density at radius 3 is 2.39 bits per heavy atom. The average molecular weight is 380 g/mol. The summed E-state index contributed by atoms with van der Waals surface area (Å²) >= 11 is 0. The summed E-state index contributed by atoms with van der Waals surface area (Å²) in [5, 5.41) is 0. The number of amides is 1. The molecule has 0 spiro atoms. The van der Waals surface area contributed by atoms with Gasteiger partial charge in [0.25, 0.3) is 0 Å². The van der Waals surface area contributed by atoms with Crippen molar-refractivity contribution in [2.24, 2.45) is 5.92 Å². The van der Waals surface area contributed by atoms with E-state index in [0.717, 1.165) is 11.3 Å². The van der Waals surface area contributed by atoms with Gasteiger partial charge < -0.3 is 9.64 Å². The van der Waals surface area contributed by atoms with Crippen LogP contribution in [0.25, 0.3) is 6.08 Å². The molecule has 28 heavy (non-hydrogen) atoms. The SMILES string of the molecule is COC(=O)C(C)CN(Cc1ccccn1)C(=O)/C=C/c1ccc(C(C)C)cc1. The summed E-state index contributed by atoms with van der Waals surface area (Å²) in [7, 11) is 1.35. The van der Waals surface area contributed by atoms with Gasteiger partial charge in [-0.2, -0.15) is 0 Å². The highest BCUT2D eigenvalue weighted by atomic mass is 16.5. The number of hydrogen-bond donors (Lipinski definition) is 0. The third-order valence-electron chi connectivity index (χ3n) is 4.51. The van der Waals surface area contributed by atoms with Gasteiger partial charge in [0.1, 0.15) is 0 Å². The molecular formula is C23H28N2O3. The number of methoxy groups -OCH3 is 1. The van der Waals surface area contributed by atoms with Crippen LogP contribution in [0.2, 0.25) is 0 Å². The number of carbonyl (C=O) groups excluding carboxylic acids is 2. The molecule has 148 valence electrons. The molecule has 2 aromatic rings. The van der Waals surface area contributed by atoms with Crippen LogP contribution >= 0.6 is 0 Å². The van der Waals surface area contributed by atoms with Gasteiger partial charge in [-0.05, 0) is 35.3 Å². The van der Waals surface area contributed by atoms with Crippen molar-refractivity contribution >= 4 is 18.0 Å². The Bertz CT molecular complexity index is 798. The number of ether oxygens (including phenoxy) is 1. The maximum atomic E-state index is 12.8. The van der Waals surface area contributed by atoms with Gasteiger partial charge in [0.15, 0.2) is 0 Å². The maximum Gasteiger partial charge on any atom is 0.310 e. The Hall–Kier alpha value is -2.95. The molecule has 2 rings (SSSR count). The Morgan fingerprint density at radius 2 is 1.82 bits per heavy atom. The summed E-state index contributed by atoms with van der Waals surface area (Å²) < 4.78 is 4.79. The van der Waals surface area contributed by atoms with Gasteiger partial charge in [0.05, 0.1) is 25.3 Å². The van der Waals surface area contributed by atoms with Crippen molar-refractivity contribution in [3.8, 4) is 0 Å². The van der Waals surface area contributed by atoms with E-state index in [1.165, 1.54) is 18.7 Å². The molecule has 0 aliphatic carbocycles. The first-order valence-electron chi connectivity index (χ1n) is 9.45. The minimum atomic E-state index is -0.420. The molecule has 5 heteroatoms. The largest absolute Gasteiger partial charge is 0.469 e. The topological polar surface area (TPSA) is 59.5 Å². The van der Waals surface area contributed by atoms with Gasteiger partial charge in [-0.3, -0.25) is 14.6 Å². The van der Waals surface area contributed by atoms with Crippen molar-refractivity contribution in [1.29, 1.82) is 0 Å². The maximum absolute atomic E-state index is 12.8. The van der Waals surface area contributed by atoms with Gasteiger partial charge in [0.2, 0.25) is 5.91 Å². The van der Waals surface area contributed by atoms with Crippen LogP contribution in [0.3, 0.4) is 0 Å². The van der Waals surface area contributed by atoms with E-state index < -0.39 is 5.92 Å². The van der Waals surface area contributed by atoms with Crippen molar-refractivity contribution in [3.05, 3.63) is 71.6 Å². The van der Waals surface area contributed by atoms with Crippen molar-refractivity contribution in [3.63, 3.8) is 0 Å². The first kappa shape index (κ1) is 21.4. The third-order valence-corrected chi connectivity index (χ3v) is 4.51. The zero-order chi connectivity index (χ0) is 20.5. The Labute approximate surface area is 167 Å². The van der Waals surface area contributed by atoms with Crippen molar-refractivity contribution < 1.29 is 14.3 Å². The van der Waals surface area contributed by atoms with Gasteiger partial charge in [0, 0.05) is 18.8 Å². The summed E-state index contributed by atoms with van der Waals surface area (Å²) in [6, 6.07) is 13.7. The van der Waals surface area contributed by atoms with Crippen molar-refractivity contribution in [1.82, 2.24) is 9.88 Å². The zero-order valence-electron chi connectivity index (χ0n) is 17.0. The second-order valence-electron chi connectivity index (χ2n) is 7.12. The number of nitrogens with zero attached hydrogens (tertiary/aromatic N) is 2. The third kappa shape index (κ3) is 6.34. The monoisotopic (exact) mass is 380 g/mol. The van der Waals surface area contributed by atoms with Crippen LogP contribution in [0.1, 0.15) is 43.5 Å². The molecule has 0 saturated heterocycles. The molecule has 1 amide bonds. The number of rotatable bonds is 8. The van der Waals surface area contributed by atoms with Crippen LogP contribution in [-0.2, 0) is 20.9 Å². The Kier molecular flexibility index (Phi) is 7.93. The molecule has 0 fully saturated rings. The van der Waals surface area contributed by atoms with E-state index in [4.69, 9.17) is 4.74 Å². The van der Waals surface area contributed by atoms with Crippen LogP contribution in [0, 0.1) is 5.92 Å². The van der Waals surface area contributed by atoms with Crippen LogP contribution in [0.4, 0.5) is 0 Å². The molecule has 1 aromatic heterocycles. The van der Waals surface area contributed by atoms with Gasteiger partial charge in [-0.25, -0.2) is 0 Å². The summed E-state index contributed by atoms with van der Waals surface area (Å²) in [5.74, 6) is -0.467. The molecule has 0 aliphatic heterocycles. The van der Waals surface area contributed by atoms with Crippen molar-refractivity contribution in [2.75, 3.05) is 13.7 Å². The number of carbonyl (C=O) groups is 2.